The lowest BCUT2D eigenvalue weighted by atomic mass is 10.1. The van der Waals surface area contributed by atoms with Crippen molar-refractivity contribution >= 4 is 23.2 Å². The summed E-state index contributed by atoms with van der Waals surface area (Å²) < 4.78 is 43.6. The maximum atomic E-state index is 14.4. The van der Waals surface area contributed by atoms with E-state index in [1.54, 1.807) is 0 Å². The van der Waals surface area contributed by atoms with Crippen molar-refractivity contribution in [2.45, 2.75) is 6.42 Å². The summed E-state index contributed by atoms with van der Waals surface area (Å²) in [5.74, 6) is -1.25. The zero-order chi connectivity index (χ0) is 17.3. The summed E-state index contributed by atoms with van der Waals surface area (Å²) in [6, 6.07) is 1.26. The molecule has 0 radical (unpaired) electrons. The molecule has 3 aromatic rings. The van der Waals surface area contributed by atoms with E-state index in [-0.39, 0.29) is 16.5 Å². The second kappa shape index (κ2) is 5.08. The average molecular weight is 366 g/mol. The van der Waals surface area contributed by atoms with Crippen LogP contribution >= 0.6 is 11.6 Å². The molecule has 9 heteroatoms. The van der Waals surface area contributed by atoms with Gasteiger partial charge in [-0.2, -0.15) is 19.6 Å². The number of fused-ring (bicyclic) bond motifs is 2. The predicted octanol–water partition coefficient (Wildman–Crippen LogP) is 3.32. The first-order chi connectivity index (χ1) is 12.0. The Morgan fingerprint density at radius 3 is 2.40 bits per heavy atom. The Labute approximate surface area is 145 Å². The Kier molecular flexibility index (Phi) is 3.03. The zero-order valence-electron chi connectivity index (χ0n) is 12.8. The fourth-order valence-corrected chi connectivity index (χ4v) is 3.92. The number of hydrogen-bond donors (Lipinski definition) is 0. The minimum Gasteiger partial charge on any atom is -0.355 e. The van der Waals surface area contributed by atoms with Crippen molar-refractivity contribution in [1.29, 1.82) is 0 Å². The van der Waals surface area contributed by atoms with Crippen LogP contribution in [0.1, 0.15) is 6.42 Å². The highest BCUT2D eigenvalue weighted by atomic mass is 35.5. The highest BCUT2D eigenvalue weighted by Gasteiger charge is 2.46. The number of anilines is 1. The molecule has 2 fully saturated rings. The molecule has 3 heterocycles. The van der Waals surface area contributed by atoms with Gasteiger partial charge in [0.25, 0.3) is 5.78 Å². The Morgan fingerprint density at radius 1 is 1.04 bits per heavy atom. The fraction of sp³-hybridized carbons (Fsp3) is 0.312. The van der Waals surface area contributed by atoms with Crippen LogP contribution < -0.4 is 4.90 Å². The van der Waals surface area contributed by atoms with Crippen LogP contribution in [-0.4, -0.2) is 32.7 Å². The molecular weight excluding hydrogens is 355 g/mol. The molecule has 128 valence electrons. The summed E-state index contributed by atoms with van der Waals surface area (Å²) in [5.41, 5.74) is -0.345. The van der Waals surface area contributed by atoms with Crippen LogP contribution in [0.2, 0.25) is 5.15 Å². The average Bonchev–Trinajstić information content (AvgIpc) is 2.93. The quantitative estimate of drug-likeness (QED) is 0.654. The van der Waals surface area contributed by atoms with E-state index in [2.05, 4.69) is 15.1 Å². The number of aromatic nitrogens is 4. The number of halogens is 4. The lowest BCUT2D eigenvalue weighted by molar-refractivity contribution is 0.547. The zero-order valence-corrected chi connectivity index (χ0v) is 13.5. The van der Waals surface area contributed by atoms with Gasteiger partial charge in [-0.05, 0) is 18.3 Å². The maximum absolute atomic E-state index is 14.4. The van der Waals surface area contributed by atoms with Crippen molar-refractivity contribution in [2.75, 3.05) is 18.0 Å². The van der Waals surface area contributed by atoms with E-state index in [0.717, 1.165) is 19.5 Å². The Balaban J connectivity index is 1.81. The fourth-order valence-electron chi connectivity index (χ4n) is 3.66. The van der Waals surface area contributed by atoms with Crippen LogP contribution in [-0.2, 0) is 0 Å². The Hall–Kier alpha value is -2.35. The van der Waals surface area contributed by atoms with Crippen molar-refractivity contribution in [1.82, 2.24) is 19.6 Å². The third-order valence-electron chi connectivity index (χ3n) is 4.89. The van der Waals surface area contributed by atoms with Gasteiger partial charge in [0.05, 0.1) is 11.1 Å². The Bertz CT molecular complexity index is 987. The molecule has 2 aromatic heterocycles. The van der Waals surface area contributed by atoms with Crippen molar-refractivity contribution in [3.05, 3.63) is 41.1 Å². The molecule has 5 rings (SSSR count). The van der Waals surface area contributed by atoms with Crippen molar-refractivity contribution in [3.63, 3.8) is 0 Å². The molecule has 0 bridgehead atoms. The van der Waals surface area contributed by atoms with E-state index in [9.17, 15) is 13.2 Å². The molecule has 1 saturated carbocycles. The molecule has 0 spiro atoms. The minimum atomic E-state index is -1.04. The minimum absolute atomic E-state index is 0.0657. The summed E-state index contributed by atoms with van der Waals surface area (Å²) in [5, 5.41) is 4.03. The van der Waals surface area contributed by atoms with Gasteiger partial charge in [0.1, 0.15) is 34.7 Å². The molecule has 2 aliphatic rings. The van der Waals surface area contributed by atoms with Gasteiger partial charge < -0.3 is 4.90 Å². The van der Waals surface area contributed by atoms with Gasteiger partial charge in [-0.3, -0.25) is 0 Å². The lowest BCUT2D eigenvalue weighted by Crippen LogP contribution is -2.26. The summed E-state index contributed by atoms with van der Waals surface area (Å²) in [6.07, 6.45) is 2.46. The number of benzene rings is 1. The SMILES string of the molecule is Fc1cc(F)c(-c2c(Cl)nc3ncnn3c2N2CC3CC3C2)c(F)c1. The number of hydrogen-bond acceptors (Lipinski definition) is 4. The van der Waals surface area contributed by atoms with Crippen LogP contribution in [0.5, 0.6) is 0 Å². The van der Waals surface area contributed by atoms with Crippen molar-refractivity contribution in [2.24, 2.45) is 11.8 Å². The van der Waals surface area contributed by atoms with Gasteiger partial charge in [0, 0.05) is 25.2 Å². The lowest BCUT2D eigenvalue weighted by Gasteiger charge is -2.24. The smallest absolute Gasteiger partial charge is 0.255 e. The molecule has 5 nitrogen and oxygen atoms in total. The topological polar surface area (TPSA) is 46.3 Å². The van der Waals surface area contributed by atoms with Gasteiger partial charge in [0.2, 0.25) is 0 Å². The highest BCUT2D eigenvalue weighted by molar-refractivity contribution is 6.33. The number of rotatable bonds is 2. The van der Waals surface area contributed by atoms with Crippen LogP contribution in [0.25, 0.3) is 16.9 Å². The molecule has 2 unspecified atom stereocenters. The first kappa shape index (κ1) is 14.9. The molecule has 0 N–H and O–H groups in total. The van der Waals surface area contributed by atoms with E-state index in [4.69, 9.17) is 11.6 Å². The van der Waals surface area contributed by atoms with Gasteiger partial charge in [0.15, 0.2) is 0 Å². The van der Waals surface area contributed by atoms with E-state index in [0.29, 0.717) is 29.8 Å². The largest absolute Gasteiger partial charge is 0.355 e. The molecule has 1 aromatic carbocycles. The Morgan fingerprint density at radius 2 is 1.72 bits per heavy atom. The van der Waals surface area contributed by atoms with Crippen molar-refractivity contribution in [3.8, 4) is 11.1 Å². The van der Waals surface area contributed by atoms with Crippen LogP contribution in [0.15, 0.2) is 18.5 Å². The molecule has 1 saturated heterocycles. The third kappa shape index (κ3) is 2.20. The van der Waals surface area contributed by atoms with E-state index in [1.807, 2.05) is 4.90 Å². The monoisotopic (exact) mass is 365 g/mol. The molecule has 0 amide bonds. The van der Waals surface area contributed by atoms with E-state index in [1.165, 1.54) is 10.8 Å². The summed E-state index contributed by atoms with van der Waals surface area (Å²) in [7, 11) is 0. The summed E-state index contributed by atoms with van der Waals surface area (Å²) in [6.45, 7) is 1.49. The maximum Gasteiger partial charge on any atom is 0.255 e. The predicted molar refractivity (Wildman–Crippen MR) is 84.9 cm³/mol. The first-order valence-electron chi connectivity index (χ1n) is 7.82. The van der Waals surface area contributed by atoms with Gasteiger partial charge in [-0.25, -0.2) is 13.2 Å². The first-order valence-corrected chi connectivity index (χ1v) is 8.20. The molecule has 25 heavy (non-hydrogen) atoms. The van der Waals surface area contributed by atoms with E-state index < -0.39 is 23.0 Å². The molecule has 1 aliphatic heterocycles. The normalized spacial score (nSPS) is 21.8. The second-order valence-corrected chi connectivity index (χ2v) is 6.84. The number of nitrogens with zero attached hydrogens (tertiary/aromatic N) is 5. The van der Waals surface area contributed by atoms with Gasteiger partial charge in [-0.15, -0.1) is 0 Å². The summed E-state index contributed by atoms with van der Waals surface area (Å²) >= 11 is 6.26. The number of piperidine rings is 1. The molecule has 1 aliphatic carbocycles. The third-order valence-corrected chi connectivity index (χ3v) is 5.17. The molecule has 2 atom stereocenters. The van der Waals surface area contributed by atoms with Crippen molar-refractivity contribution < 1.29 is 13.2 Å². The van der Waals surface area contributed by atoms with Crippen LogP contribution in [0.4, 0.5) is 19.0 Å². The standard InChI is InChI=1S/C16H11ClF3N5/c17-14-13(12-10(19)2-9(18)3-11(12)20)15(24-4-7-1-8(7)5-24)25-16(23-14)21-6-22-25/h2-3,6-8H,1,4-5H2. The molecular formula is C16H11ClF3N5. The van der Waals surface area contributed by atoms with E-state index >= 15 is 0 Å². The van der Waals surface area contributed by atoms with Gasteiger partial charge >= 0.3 is 0 Å². The van der Waals surface area contributed by atoms with Gasteiger partial charge in [-0.1, -0.05) is 11.6 Å². The van der Waals surface area contributed by atoms with Crippen LogP contribution in [0, 0.1) is 29.3 Å². The second-order valence-electron chi connectivity index (χ2n) is 6.48. The summed E-state index contributed by atoms with van der Waals surface area (Å²) in [4.78, 5) is 10.1. The highest BCUT2D eigenvalue weighted by Crippen LogP contribution is 2.49. The van der Waals surface area contributed by atoms with Crippen LogP contribution in [0.3, 0.4) is 0 Å².